The molecule has 1 aromatic carbocycles. The molecule has 2 heterocycles. The minimum absolute atomic E-state index is 0.00249. The molecule has 1 aromatic rings. The largest absolute Gasteiger partial charge is 0.345 e. The predicted molar refractivity (Wildman–Crippen MR) is 92.3 cm³/mol. The molecule has 1 atom stereocenters. The minimum Gasteiger partial charge on any atom is -0.345 e. The van der Waals surface area contributed by atoms with Crippen LogP contribution in [0.5, 0.6) is 0 Å². The van der Waals surface area contributed by atoms with E-state index in [9.17, 15) is 18.0 Å². The number of carbonyl (C=O) groups excluding carboxylic acids is 2. The van der Waals surface area contributed by atoms with Gasteiger partial charge in [-0.05, 0) is 30.5 Å². The predicted octanol–water partition coefficient (Wildman–Crippen LogP) is 0.361. The molecule has 7 nitrogen and oxygen atoms in total. The molecule has 0 aliphatic carbocycles. The fraction of sp³-hybridized carbons (Fsp3) is 0.529. The first kappa shape index (κ1) is 17.9. The number of aryl methyl sites for hydroxylation is 1. The summed E-state index contributed by atoms with van der Waals surface area (Å²) in [6, 6.07) is 6.19. The first-order valence-electron chi connectivity index (χ1n) is 8.59. The Morgan fingerprint density at radius 2 is 1.88 bits per heavy atom. The second-order valence-electron chi connectivity index (χ2n) is 6.43. The van der Waals surface area contributed by atoms with Crippen LogP contribution in [0.3, 0.4) is 0 Å². The summed E-state index contributed by atoms with van der Waals surface area (Å²) in [6.45, 7) is 2.55. The lowest BCUT2D eigenvalue weighted by Gasteiger charge is -2.42. The molecule has 1 unspecified atom stereocenters. The van der Waals surface area contributed by atoms with Crippen LogP contribution >= 0.6 is 0 Å². The van der Waals surface area contributed by atoms with Crippen molar-refractivity contribution < 1.29 is 18.0 Å². The molecule has 25 heavy (non-hydrogen) atoms. The number of hydrogen-bond acceptors (Lipinski definition) is 4. The van der Waals surface area contributed by atoms with E-state index in [2.05, 4.69) is 12.2 Å². The average Bonchev–Trinajstić information content (AvgIpc) is 2.63. The molecule has 2 aliphatic heterocycles. The smallest absolute Gasteiger partial charge is 0.244 e. The Labute approximate surface area is 148 Å². The van der Waals surface area contributed by atoms with Gasteiger partial charge in [0, 0.05) is 19.6 Å². The summed E-state index contributed by atoms with van der Waals surface area (Å²) in [7, 11) is -3.68. The summed E-state index contributed by atoms with van der Waals surface area (Å²) in [6.07, 6.45) is 3.09. The van der Waals surface area contributed by atoms with Crippen LogP contribution in [0.1, 0.15) is 25.3 Å². The van der Waals surface area contributed by atoms with Crippen LogP contribution in [0.4, 0.5) is 0 Å². The molecule has 0 radical (unpaired) electrons. The lowest BCUT2D eigenvalue weighted by molar-refractivity contribution is -0.147. The summed E-state index contributed by atoms with van der Waals surface area (Å²) >= 11 is 0. The maximum Gasteiger partial charge on any atom is 0.244 e. The van der Waals surface area contributed by atoms with Crippen molar-refractivity contribution in [2.24, 2.45) is 0 Å². The van der Waals surface area contributed by atoms with E-state index in [0.29, 0.717) is 0 Å². The van der Waals surface area contributed by atoms with Crippen LogP contribution in [0.25, 0.3) is 0 Å². The zero-order valence-electron chi connectivity index (χ0n) is 14.3. The van der Waals surface area contributed by atoms with Gasteiger partial charge < -0.3 is 10.2 Å². The first-order chi connectivity index (χ1) is 11.9. The molecular weight excluding hydrogens is 342 g/mol. The van der Waals surface area contributed by atoms with Crippen molar-refractivity contribution in [2.45, 2.75) is 37.1 Å². The zero-order chi connectivity index (χ0) is 18.0. The van der Waals surface area contributed by atoms with Gasteiger partial charge >= 0.3 is 0 Å². The maximum absolute atomic E-state index is 12.9. The highest BCUT2D eigenvalue weighted by molar-refractivity contribution is 7.89. The molecule has 0 saturated carbocycles. The number of piperazine rings is 2. The molecule has 8 heteroatoms. The number of benzene rings is 1. The summed E-state index contributed by atoms with van der Waals surface area (Å²) in [5.74, 6) is -0.462. The molecule has 0 spiro atoms. The number of carbonyl (C=O) groups is 2. The highest BCUT2D eigenvalue weighted by atomic mass is 32.2. The second-order valence-corrected chi connectivity index (χ2v) is 8.37. The van der Waals surface area contributed by atoms with E-state index >= 15 is 0 Å². The van der Waals surface area contributed by atoms with Crippen LogP contribution in [0, 0.1) is 0 Å². The fourth-order valence-electron chi connectivity index (χ4n) is 3.24. The average molecular weight is 365 g/mol. The fourth-order valence-corrected chi connectivity index (χ4v) is 4.68. The summed E-state index contributed by atoms with van der Waals surface area (Å²) in [5, 5.41) is 2.52. The maximum atomic E-state index is 12.9. The van der Waals surface area contributed by atoms with Crippen molar-refractivity contribution in [3.8, 4) is 0 Å². The van der Waals surface area contributed by atoms with E-state index in [1.165, 1.54) is 9.21 Å². The van der Waals surface area contributed by atoms with E-state index in [1.54, 1.807) is 12.1 Å². The van der Waals surface area contributed by atoms with Crippen LogP contribution < -0.4 is 5.32 Å². The lowest BCUT2D eigenvalue weighted by atomic mass is 10.1. The molecule has 136 valence electrons. The Kier molecular flexibility index (Phi) is 5.10. The number of unbranched alkanes of at least 4 members (excludes halogenated alkanes) is 1. The molecule has 2 aliphatic rings. The van der Waals surface area contributed by atoms with Crippen molar-refractivity contribution in [3.63, 3.8) is 0 Å². The monoisotopic (exact) mass is 365 g/mol. The van der Waals surface area contributed by atoms with E-state index in [0.717, 1.165) is 24.8 Å². The van der Waals surface area contributed by atoms with Gasteiger partial charge in [0.05, 0.1) is 11.4 Å². The number of nitrogens with one attached hydrogen (secondary N) is 1. The topological polar surface area (TPSA) is 86.8 Å². The Morgan fingerprint density at radius 1 is 1.16 bits per heavy atom. The van der Waals surface area contributed by atoms with Crippen molar-refractivity contribution >= 4 is 21.8 Å². The quantitative estimate of drug-likeness (QED) is 0.816. The van der Waals surface area contributed by atoms with Gasteiger partial charge in [0.15, 0.2) is 0 Å². The minimum atomic E-state index is -3.68. The number of nitrogens with zero attached hydrogens (tertiary/aromatic N) is 2. The third-order valence-electron chi connectivity index (χ3n) is 4.76. The molecular formula is C17H23N3O4S. The normalized spacial score (nSPS) is 21.8. The van der Waals surface area contributed by atoms with Gasteiger partial charge in [-0.25, -0.2) is 8.42 Å². The van der Waals surface area contributed by atoms with Gasteiger partial charge in [0.1, 0.15) is 6.04 Å². The van der Waals surface area contributed by atoms with Crippen LogP contribution in [-0.2, 0) is 26.0 Å². The highest BCUT2D eigenvalue weighted by Gasteiger charge is 2.42. The molecule has 3 rings (SSSR count). The number of amides is 2. The van der Waals surface area contributed by atoms with Crippen molar-refractivity contribution in [2.75, 3.05) is 26.2 Å². The van der Waals surface area contributed by atoms with Gasteiger partial charge in [-0.2, -0.15) is 4.31 Å². The first-order valence-corrected chi connectivity index (χ1v) is 10.0. The van der Waals surface area contributed by atoms with Crippen molar-refractivity contribution in [1.29, 1.82) is 0 Å². The molecule has 2 fully saturated rings. The Bertz CT molecular complexity index is 761. The van der Waals surface area contributed by atoms with E-state index < -0.39 is 16.1 Å². The van der Waals surface area contributed by atoms with Gasteiger partial charge in [-0.1, -0.05) is 25.5 Å². The third kappa shape index (κ3) is 3.55. The highest BCUT2D eigenvalue weighted by Crippen LogP contribution is 2.22. The Balaban J connectivity index is 1.76. The van der Waals surface area contributed by atoms with Crippen LogP contribution in [-0.4, -0.2) is 61.7 Å². The van der Waals surface area contributed by atoms with Gasteiger partial charge in [-0.3, -0.25) is 9.59 Å². The molecule has 2 saturated heterocycles. The number of sulfonamides is 1. The third-order valence-corrected chi connectivity index (χ3v) is 6.64. The molecule has 2 amide bonds. The van der Waals surface area contributed by atoms with E-state index in [4.69, 9.17) is 0 Å². The molecule has 1 N–H and O–H groups in total. The SMILES string of the molecule is CCCCc1ccc(S(=O)(=O)N2CCN3C(=O)CNC(=O)C3C2)cc1. The second kappa shape index (κ2) is 7.13. The van der Waals surface area contributed by atoms with E-state index in [-0.39, 0.29) is 42.9 Å². The Hall–Kier alpha value is -1.93. The van der Waals surface area contributed by atoms with Gasteiger partial charge in [-0.15, -0.1) is 0 Å². The Morgan fingerprint density at radius 3 is 2.56 bits per heavy atom. The van der Waals surface area contributed by atoms with Crippen LogP contribution in [0.2, 0.25) is 0 Å². The van der Waals surface area contributed by atoms with Crippen molar-refractivity contribution in [3.05, 3.63) is 29.8 Å². The number of rotatable bonds is 5. The summed E-state index contributed by atoms with van der Waals surface area (Å²) in [5.41, 5.74) is 1.11. The zero-order valence-corrected chi connectivity index (χ0v) is 15.1. The molecule has 0 bridgehead atoms. The summed E-state index contributed by atoms with van der Waals surface area (Å²) in [4.78, 5) is 25.6. The van der Waals surface area contributed by atoms with Crippen molar-refractivity contribution in [1.82, 2.24) is 14.5 Å². The molecule has 0 aromatic heterocycles. The summed E-state index contributed by atoms with van der Waals surface area (Å²) < 4.78 is 27.0. The van der Waals surface area contributed by atoms with E-state index in [1.807, 2.05) is 12.1 Å². The van der Waals surface area contributed by atoms with Crippen LogP contribution in [0.15, 0.2) is 29.2 Å². The number of fused-ring (bicyclic) bond motifs is 1. The number of hydrogen-bond donors (Lipinski definition) is 1. The lowest BCUT2D eigenvalue weighted by Crippen LogP contribution is -2.66. The standard InChI is InChI=1S/C17H23N3O4S/c1-2-3-4-13-5-7-14(8-6-13)25(23,24)19-9-10-20-15(12-19)17(22)18-11-16(20)21/h5-8,15H,2-4,9-12H2,1H3,(H,18,22). The van der Waals surface area contributed by atoms with Gasteiger partial charge in [0.25, 0.3) is 0 Å². The van der Waals surface area contributed by atoms with Gasteiger partial charge in [0.2, 0.25) is 21.8 Å².